The molecule has 0 heterocycles. The number of hydrogen-bond acceptors (Lipinski definition) is 2. The molecule has 0 bridgehead atoms. The van der Waals surface area contributed by atoms with Gasteiger partial charge in [0, 0.05) is 5.54 Å². The molecule has 0 atom stereocenters. The third-order valence-electron chi connectivity index (χ3n) is 3.47. The summed E-state index contributed by atoms with van der Waals surface area (Å²) in [5, 5.41) is 12.5. The first kappa shape index (κ1) is 10.0. The van der Waals surface area contributed by atoms with Crippen LogP contribution in [0, 0.1) is 5.92 Å². The van der Waals surface area contributed by atoms with E-state index in [1.165, 1.54) is 19.3 Å². The Morgan fingerprint density at radius 2 is 2.00 bits per heavy atom. The molecule has 1 rings (SSSR count). The minimum atomic E-state index is 0.0473. The maximum Gasteiger partial charge on any atom is 0.0613 e. The van der Waals surface area contributed by atoms with E-state index in [1.807, 2.05) is 7.05 Å². The highest BCUT2D eigenvalue weighted by molar-refractivity contribution is 4.90. The Morgan fingerprint density at radius 3 is 2.33 bits per heavy atom. The fourth-order valence-electron chi connectivity index (χ4n) is 2.13. The van der Waals surface area contributed by atoms with E-state index in [1.54, 1.807) is 0 Å². The average Bonchev–Trinajstić information content (AvgIpc) is 2.18. The van der Waals surface area contributed by atoms with E-state index in [4.69, 9.17) is 0 Å². The Balaban J connectivity index is 2.42. The topological polar surface area (TPSA) is 32.3 Å². The Morgan fingerprint density at radius 1 is 1.42 bits per heavy atom. The zero-order valence-corrected chi connectivity index (χ0v) is 8.27. The number of likely N-dealkylation sites (N-methyl/N-ethyl adjacent to an activating group) is 1. The minimum Gasteiger partial charge on any atom is -0.394 e. The summed E-state index contributed by atoms with van der Waals surface area (Å²) in [6.07, 6.45) is 6.12. The van der Waals surface area contributed by atoms with E-state index < -0.39 is 0 Å². The molecule has 2 nitrogen and oxygen atoms in total. The second kappa shape index (κ2) is 4.24. The molecule has 0 aromatic rings. The smallest absolute Gasteiger partial charge is 0.0613 e. The van der Waals surface area contributed by atoms with Gasteiger partial charge < -0.3 is 10.4 Å². The molecule has 0 aliphatic heterocycles. The van der Waals surface area contributed by atoms with Gasteiger partial charge in [-0.3, -0.25) is 0 Å². The maximum absolute atomic E-state index is 9.24. The summed E-state index contributed by atoms with van der Waals surface area (Å²) in [6, 6.07) is 0. The van der Waals surface area contributed by atoms with Gasteiger partial charge in [0.15, 0.2) is 0 Å². The van der Waals surface area contributed by atoms with Crippen LogP contribution in [0.3, 0.4) is 0 Å². The summed E-state index contributed by atoms with van der Waals surface area (Å²) in [6.45, 7) is 2.55. The van der Waals surface area contributed by atoms with Gasteiger partial charge in [0.05, 0.1) is 6.61 Å². The predicted molar refractivity (Wildman–Crippen MR) is 51.1 cm³/mol. The summed E-state index contributed by atoms with van der Waals surface area (Å²) in [4.78, 5) is 0. The van der Waals surface area contributed by atoms with Crippen LogP contribution in [0.15, 0.2) is 0 Å². The van der Waals surface area contributed by atoms with Crippen LogP contribution in [-0.4, -0.2) is 24.3 Å². The summed E-state index contributed by atoms with van der Waals surface area (Å²) >= 11 is 0. The lowest BCUT2D eigenvalue weighted by Gasteiger charge is -2.38. The van der Waals surface area contributed by atoms with Crippen LogP contribution in [0.25, 0.3) is 0 Å². The summed E-state index contributed by atoms with van der Waals surface area (Å²) in [5.41, 5.74) is 0.0473. The molecule has 0 amide bonds. The Labute approximate surface area is 75.4 Å². The van der Waals surface area contributed by atoms with Crippen LogP contribution in [0.5, 0.6) is 0 Å². The average molecular weight is 171 g/mol. The summed E-state index contributed by atoms with van der Waals surface area (Å²) in [7, 11) is 1.96. The maximum atomic E-state index is 9.24. The van der Waals surface area contributed by atoms with Gasteiger partial charge in [0.2, 0.25) is 0 Å². The van der Waals surface area contributed by atoms with Gasteiger partial charge in [0.1, 0.15) is 0 Å². The van der Waals surface area contributed by atoms with Crippen molar-refractivity contribution in [2.75, 3.05) is 13.7 Å². The number of rotatable bonds is 3. The molecule has 2 heteroatoms. The third-order valence-corrected chi connectivity index (χ3v) is 3.47. The van der Waals surface area contributed by atoms with Gasteiger partial charge in [-0.2, -0.15) is 0 Å². The van der Waals surface area contributed by atoms with E-state index >= 15 is 0 Å². The highest BCUT2D eigenvalue weighted by Gasteiger charge is 2.32. The standard InChI is InChI=1S/C10H21NO/c1-3-9-4-6-10(8-12,11-2)7-5-9/h9,11-12H,3-8H2,1-2H3. The zero-order chi connectivity index (χ0) is 9.03. The van der Waals surface area contributed by atoms with Crippen LogP contribution in [-0.2, 0) is 0 Å². The van der Waals surface area contributed by atoms with E-state index in [2.05, 4.69) is 12.2 Å². The van der Waals surface area contributed by atoms with Crippen molar-refractivity contribution < 1.29 is 5.11 Å². The van der Waals surface area contributed by atoms with Gasteiger partial charge in [0.25, 0.3) is 0 Å². The minimum absolute atomic E-state index is 0.0473. The van der Waals surface area contributed by atoms with Gasteiger partial charge in [-0.25, -0.2) is 0 Å². The fourth-order valence-corrected chi connectivity index (χ4v) is 2.13. The molecule has 1 aliphatic rings. The zero-order valence-electron chi connectivity index (χ0n) is 8.27. The summed E-state index contributed by atoms with van der Waals surface area (Å²) < 4.78 is 0. The summed E-state index contributed by atoms with van der Waals surface area (Å²) in [5.74, 6) is 0.901. The fraction of sp³-hybridized carbons (Fsp3) is 1.00. The molecule has 0 saturated heterocycles. The van der Waals surface area contributed by atoms with Crippen molar-refractivity contribution in [1.82, 2.24) is 5.32 Å². The molecule has 12 heavy (non-hydrogen) atoms. The molecule has 0 radical (unpaired) electrons. The molecular weight excluding hydrogens is 150 g/mol. The first-order chi connectivity index (χ1) is 5.76. The molecule has 0 unspecified atom stereocenters. The highest BCUT2D eigenvalue weighted by Crippen LogP contribution is 2.32. The molecule has 1 aliphatic carbocycles. The Kier molecular flexibility index (Phi) is 3.53. The lowest BCUT2D eigenvalue weighted by molar-refractivity contribution is 0.108. The first-order valence-corrected chi connectivity index (χ1v) is 5.06. The van der Waals surface area contributed by atoms with Crippen molar-refractivity contribution in [3.8, 4) is 0 Å². The SMILES string of the molecule is CCC1CCC(CO)(NC)CC1. The number of nitrogens with one attached hydrogen (secondary N) is 1. The second-order valence-electron chi connectivity index (χ2n) is 4.04. The van der Waals surface area contributed by atoms with Crippen molar-refractivity contribution >= 4 is 0 Å². The Bertz CT molecular complexity index is 122. The second-order valence-corrected chi connectivity index (χ2v) is 4.04. The largest absolute Gasteiger partial charge is 0.394 e. The van der Waals surface area contributed by atoms with E-state index in [0.29, 0.717) is 6.61 Å². The van der Waals surface area contributed by atoms with E-state index in [9.17, 15) is 5.11 Å². The molecule has 0 aromatic heterocycles. The van der Waals surface area contributed by atoms with Crippen LogP contribution in [0.1, 0.15) is 39.0 Å². The molecule has 72 valence electrons. The van der Waals surface area contributed by atoms with Crippen LogP contribution in [0.4, 0.5) is 0 Å². The van der Waals surface area contributed by atoms with Crippen molar-refractivity contribution in [1.29, 1.82) is 0 Å². The molecule has 2 N–H and O–H groups in total. The quantitative estimate of drug-likeness (QED) is 0.675. The van der Waals surface area contributed by atoms with E-state index in [-0.39, 0.29) is 5.54 Å². The number of hydrogen-bond donors (Lipinski definition) is 2. The van der Waals surface area contributed by atoms with Crippen molar-refractivity contribution in [2.45, 2.75) is 44.6 Å². The van der Waals surface area contributed by atoms with E-state index in [0.717, 1.165) is 18.8 Å². The molecule has 1 saturated carbocycles. The monoisotopic (exact) mass is 171 g/mol. The first-order valence-electron chi connectivity index (χ1n) is 5.06. The van der Waals surface area contributed by atoms with Crippen molar-refractivity contribution in [3.63, 3.8) is 0 Å². The van der Waals surface area contributed by atoms with Crippen LogP contribution < -0.4 is 5.32 Å². The molecular formula is C10H21NO. The highest BCUT2D eigenvalue weighted by atomic mass is 16.3. The molecule has 0 aromatic carbocycles. The van der Waals surface area contributed by atoms with Crippen molar-refractivity contribution in [3.05, 3.63) is 0 Å². The third kappa shape index (κ3) is 1.99. The number of aliphatic hydroxyl groups is 1. The van der Waals surface area contributed by atoms with Gasteiger partial charge >= 0.3 is 0 Å². The predicted octanol–water partition coefficient (Wildman–Crippen LogP) is 1.54. The van der Waals surface area contributed by atoms with Gasteiger partial charge in [-0.05, 0) is 38.6 Å². The van der Waals surface area contributed by atoms with Crippen molar-refractivity contribution in [2.24, 2.45) is 5.92 Å². The van der Waals surface area contributed by atoms with Gasteiger partial charge in [-0.15, -0.1) is 0 Å². The lowest BCUT2D eigenvalue weighted by Crippen LogP contribution is -2.49. The number of aliphatic hydroxyl groups excluding tert-OH is 1. The molecule has 0 spiro atoms. The lowest BCUT2D eigenvalue weighted by atomic mass is 9.76. The van der Waals surface area contributed by atoms with Gasteiger partial charge in [-0.1, -0.05) is 13.3 Å². The molecule has 1 fully saturated rings. The van der Waals surface area contributed by atoms with Crippen LogP contribution in [0.2, 0.25) is 0 Å². The Hall–Kier alpha value is -0.0800. The normalized spacial score (nSPS) is 36.8. The van der Waals surface area contributed by atoms with Crippen LogP contribution >= 0.6 is 0 Å².